The normalized spacial score (nSPS) is 27.7. The Morgan fingerprint density at radius 2 is 2.07 bits per heavy atom. The van der Waals surface area contributed by atoms with Crippen molar-refractivity contribution in [3.8, 4) is 0 Å². The Morgan fingerprint density at radius 3 is 2.47 bits per heavy atom. The molecule has 3 nitrogen and oxygen atoms in total. The highest BCUT2D eigenvalue weighted by Gasteiger charge is 2.41. The lowest BCUT2D eigenvalue weighted by molar-refractivity contribution is -0.162. The molecule has 1 heterocycles. The maximum Gasteiger partial charge on any atom is 0.403 e. The summed E-state index contributed by atoms with van der Waals surface area (Å²) in [5, 5.41) is 10.8. The van der Waals surface area contributed by atoms with Gasteiger partial charge in [0.15, 0.2) is 0 Å². The van der Waals surface area contributed by atoms with Crippen molar-refractivity contribution in [1.29, 1.82) is 0 Å². The van der Waals surface area contributed by atoms with Gasteiger partial charge < -0.3 is 10.4 Å². The summed E-state index contributed by atoms with van der Waals surface area (Å²) in [7, 11) is 0. The number of aliphatic carboxylic acids is 1. The van der Waals surface area contributed by atoms with Crippen LogP contribution in [0.3, 0.4) is 0 Å². The highest BCUT2D eigenvalue weighted by Crippen LogP contribution is 2.29. The van der Waals surface area contributed by atoms with Crippen LogP contribution in [0.25, 0.3) is 0 Å². The third-order valence-electron chi connectivity index (χ3n) is 2.68. The van der Waals surface area contributed by atoms with E-state index in [0.717, 1.165) is 0 Å². The third kappa shape index (κ3) is 4.07. The average molecular weight is 225 g/mol. The van der Waals surface area contributed by atoms with Crippen molar-refractivity contribution >= 4 is 5.97 Å². The van der Waals surface area contributed by atoms with Gasteiger partial charge in [0.1, 0.15) is 6.04 Å². The van der Waals surface area contributed by atoms with Crippen LogP contribution in [0.2, 0.25) is 0 Å². The summed E-state index contributed by atoms with van der Waals surface area (Å²) in [5.74, 6) is -0.840. The highest BCUT2D eigenvalue weighted by atomic mass is 19.4. The summed E-state index contributed by atoms with van der Waals surface area (Å²) >= 11 is 0. The maximum absolute atomic E-state index is 12.2. The Hall–Kier alpha value is -0.780. The van der Waals surface area contributed by atoms with E-state index >= 15 is 0 Å². The number of halogens is 3. The molecule has 1 fully saturated rings. The molecule has 0 bridgehead atoms. The molecule has 0 radical (unpaired) electrons. The van der Waals surface area contributed by atoms with Crippen LogP contribution < -0.4 is 5.32 Å². The van der Waals surface area contributed by atoms with Gasteiger partial charge in [0.2, 0.25) is 0 Å². The molecular formula is C9H14F3NO2. The molecule has 1 rings (SSSR count). The number of hydrogen-bond donors (Lipinski definition) is 2. The molecule has 0 aromatic rings. The second kappa shape index (κ2) is 4.83. The molecule has 0 spiro atoms. The molecule has 2 N–H and O–H groups in total. The summed E-state index contributed by atoms with van der Waals surface area (Å²) in [6, 6.07) is -1.42. The lowest BCUT2D eigenvalue weighted by atomic mass is 9.91. The van der Waals surface area contributed by atoms with Gasteiger partial charge in [0.05, 0.1) is 0 Å². The Labute approximate surface area is 85.7 Å². The topological polar surface area (TPSA) is 49.3 Å². The number of carbonyl (C=O) groups is 1. The summed E-state index contributed by atoms with van der Waals surface area (Å²) < 4.78 is 36.7. The van der Waals surface area contributed by atoms with Crippen LogP contribution in [0.5, 0.6) is 0 Å². The van der Waals surface area contributed by atoms with Crippen LogP contribution in [-0.2, 0) is 4.79 Å². The minimum Gasteiger partial charge on any atom is -0.481 e. The first-order chi connectivity index (χ1) is 6.89. The SMILES string of the molecule is O=C(O)CCC1CCC(C(F)(F)F)NC1. The van der Waals surface area contributed by atoms with Gasteiger partial charge in [-0.05, 0) is 31.7 Å². The molecule has 88 valence electrons. The average Bonchev–Trinajstić information content (AvgIpc) is 2.14. The molecule has 0 saturated carbocycles. The molecule has 0 amide bonds. The van der Waals surface area contributed by atoms with E-state index in [9.17, 15) is 18.0 Å². The van der Waals surface area contributed by atoms with Crippen molar-refractivity contribution in [2.75, 3.05) is 6.54 Å². The number of carboxylic acid groups (broad SMARTS) is 1. The highest BCUT2D eigenvalue weighted by molar-refractivity contribution is 5.66. The fourth-order valence-electron chi connectivity index (χ4n) is 1.77. The predicted molar refractivity (Wildman–Crippen MR) is 47.4 cm³/mol. The van der Waals surface area contributed by atoms with Crippen molar-refractivity contribution in [1.82, 2.24) is 5.32 Å². The van der Waals surface area contributed by atoms with Crippen molar-refractivity contribution < 1.29 is 23.1 Å². The van der Waals surface area contributed by atoms with E-state index in [1.807, 2.05) is 0 Å². The molecule has 1 saturated heterocycles. The second-order valence-corrected chi connectivity index (χ2v) is 3.88. The number of piperidine rings is 1. The molecular weight excluding hydrogens is 211 g/mol. The van der Waals surface area contributed by atoms with Crippen molar-refractivity contribution in [3.63, 3.8) is 0 Å². The number of nitrogens with one attached hydrogen (secondary N) is 1. The zero-order chi connectivity index (χ0) is 11.5. The van der Waals surface area contributed by atoms with E-state index in [1.54, 1.807) is 0 Å². The zero-order valence-electron chi connectivity index (χ0n) is 8.18. The first-order valence-corrected chi connectivity index (χ1v) is 4.91. The van der Waals surface area contributed by atoms with Crippen LogP contribution in [0.1, 0.15) is 25.7 Å². The van der Waals surface area contributed by atoms with Gasteiger partial charge in [-0.2, -0.15) is 13.2 Å². The smallest absolute Gasteiger partial charge is 0.403 e. The molecule has 2 atom stereocenters. The van der Waals surface area contributed by atoms with Crippen LogP contribution in [0.4, 0.5) is 13.2 Å². The minimum atomic E-state index is -4.18. The van der Waals surface area contributed by atoms with Crippen LogP contribution in [0.15, 0.2) is 0 Å². The Kier molecular flexibility index (Phi) is 3.96. The summed E-state index contributed by atoms with van der Waals surface area (Å²) in [6.07, 6.45) is -3.20. The lowest BCUT2D eigenvalue weighted by Gasteiger charge is -2.30. The monoisotopic (exact) mass is 225 g/mol. The van der Waals surface area contributed by atoms with Gasteiger partial charge in [0, 0.05) is 6.42 Å². The van der Waals surface area contributed by atoms with Gasteiger partial charge >= 0.3 is 12.1 Å². The Bertz CT molecular complexity index is 222. The van der Waals surface area contributed by atoms with Gasteiger partial charge in [-0.3, -0.25) is 4.79 Å². The molecule has 1 aliphatic rings. The first kappa shape index (κ1) is 12.3. The van der Waals surface area contributed by atoms with Crippen molar-refractivity contribution in [3.05, 3.63) is 0 Å². The van der Waals surface area contributed by atoms with Crippen LogP contribution >= 0.6 is 0 Å². The molecule has 1 aliphatic heterocycles. The molecule has 2 unspecified atom stereocenters. The van der Waals surface area contributed by atoms with Crippen LogP contribution in [-0.4, -0.2) is 29.8 Å². The van der Waals surface area contributed by atoms with E-state index in [0.29, 0.717) is 12.8 Å². The first-order valence-electron chi connectivity index (χ1n) is 4.91. The molecule has 0 aliphatic carbocycles. The van der Waals surface area contributed by atoms with Gasteiger partial charge in [-0.15, -0.1) is 0 Å². The Morgan fingerprint density at radius 1 is 1.40 bits per heavy atom. The molecule has 15 heavy (non-hydrogen) atoms. The number of alkyl halides is 3. The van der Waals surface area contributed by atoms with E-state index < -0.39 is 18.2 Å². The molecule has 6 heteroatoms. The minimum absolute atomic E-state index is 0.0308. The maximum atomic E-state index is 12.2. The van der Waals surface area contributed by atoms with Gasteiger partial charge in [-0.1, -0.05) is 0 Å². The fraction of sp³-hybridized carbons (Fsp3) is 0.889. The lowest BCUT2D eigenvalue weighted by Crippen LogP contribution is -2.47. The summed E-state index contributed by atoms with van der Waals surface area (Å²) in [6.45, 7) is 0.261. The summed E-state index contributed by atoms with van der Waals surface area (Å²) in [5.41, 5.74) is 0. The van der Waals surface area contributed by atoms with Crippen molar-refractivity contribution in [2.24, 2.45) is 5.92 Å². The van der Waals surface area contributed by atoms with E-state index in [1.165, 1.54) is 0 Å². The van der Waals surface area contributed by atoms with E-state index in [-0.39, 0.29) is 25.3 Å². The van der Waals surface area contributed by atoms with Gasteiger partial charge in [-0.25, -0.2) is 0 Å². The largest absolute Gasteiger partial charge is 0.481 e. The molecule has 0 aromatic heterocycles. The second-order valence-electron chi connectivity index (χ2n) is 3.88. The zero-order valence-corrected chi connectivity index (χ0v) is 8.18. The van der Waals surface area contributed by atoms with Crippen LogP contribution in [0, 0.1) is 5.92 Å². The summed E-state index contributed by atoms with van der Waals surface area (Å²) in [4.78, 5) is 10.3. The number of carboxylic acids is 1. The quantitative estimate of drug-likeness (QED) is 0.769. The predicted octanol–water partition coefficient (Wildman–Crippen LogP) is 1.78. The third-order valence-corrected chi connectivity index (χ3v) is 2.68. The number of hydrogen-bond acceptors (Lipinski definition) is 2. The standard InChI is InChI=1S/C9H14F3NO2/c10-9(11,12)7-3-1-6(5-13-7)2-4-8(14)15/h6-7,13H,1-5H2,(H,14,15). The Balaban J connectivity index is 2.27. The molecule has 0 aromatic carbocycles. The fourth-order valence-corrected chi connectivity index (χ4v) is 1.77. The number of rotatable bonds is 3. The van der Waals surface area contributed by atoms with Crippen molar-refractivity contribution in [2.45, 2.75) is 37.9 Å². The van der Waals surface area contributed by atoms with E-state index in [4.69, 9.17) is 5.11 Å². The van der Waals surface area contributed by atoms with E-state index in [2.05, 4.69) is 5.32 Å². The van der Waals surface area contributed by atoms with Gasteiger partial charge in [0.25, 0.3) is 0 Å².